The minimum Gasteiger partial charge on any atom is -0.346 e. The topological polar surface area (TPSA) is 93.0 Å². The third-order valence-corrected chi connectivity index (χ3v) is 5.05. The first kappa shape index (κ1) is 18.8. The number of nitrogens with zero attached hydrogens (tertiary/aromatic N) is 5. The van der Waals surface area contributed by atoms with E-state index >= 15 is 0 Å². The summed E-state index contributed by atoms with van der Waals surface area (Å²) in [5, 5.41) is 11.2. The van der Waals surface area contributed by atoms with E-state index in [1.54, 1.807) is 27.9 Å². The average Bonchev–Trinajstić information content (AvgIpc) is 3.14. The van der Waals surface area contributed by atoms with Crippen LogP contribution in [0.15, 0.2) is 48.7 Å². The van der Waals surface area contributed by atoms with E-state index in [1.165, 1.54) is 0 Å². The van der Waals surface area contributed by atoms with E-state index in [0.717, 1.165) is 17.0 Å². The van der Waals surface area contributed by atoms with Crippen molar-refractivity contribution in [2.45, 2.75) is 39.5 Å². The molecule has 0 saturated heterocycles. The SMILES string of the molecule is Cc1ccc(C(=O)NCc2nnn3c2CN(Cc2ccccc2)C(=O)C3C)cn1. The lowest BCUT2D eigenvalue weighted by atomic mass is 10.1. The summed E-state index contributed by atoms with van der Waals surface area (Å²) in [7, 11) is 0. The summed E-state index contributed by atoms with van der Waals surface area (Å²) < 4.78 is 1.65. The Labute approximate surface area is 168 Å². The number of hydrogen-bond acceptors (Lipinski definition) is 5. The van der Waals surface area contributed by atoms with E-state index in [0.29, 0.717) is 24.3 Å². The fourth-order valence-corrected chi connectivity index (χ4v) is 3.39. The lowest BCUT2D eigenvalue weighted by molar-refractivity contribution is -0.138. The lowest BCUT2D eigenvalue weighted by Crippen LogP contribution is -2.41. The number of hydrogen-bond donors (Lipinski definition) is 1. The molecule has 0 radical (unpaired) electrons. The monoisotopic (exact) mass is 390 g/mol. The van der Waals surface area contributed by atoms with Crippen LogP contribution in [0.2, 0.25) is 0 Å². The number of rotatable bonds is 5. The van der Waals surface area contributed by atoms with Gasteiger partial charge < -0.3 is 10.2 Å². The van der Waals surface area contributed by atoms with E-state index in [4.69, 9.17) is 0 Å². The molecule has 0 saturated carbocycles. The van der Waals surface area contributed by atoms with Crippen molar-refractivity contribution in [1.29, 1.82) is 0 Å². The van der Waals surface area contributed by atoms with Gasteiger partial charge in [0, 0.05) is 18.4 Å². The lowest BCUT2D eigenvalue weighted by Gasteiger charge is -2.31. The van der Waals surface area contributed by atoms with Crippen LogP contribution < -0.4 is 5.32 Å². The molecule has 0 bridgehead atoms. The first-order valence-corrected chi connectivity index (χ1v) is 9.49. The second-order valence-corrected chi connectivity index (χ2v) is 7.15. The summed E-state index contributed by atoms with van der Waals surface area (Å²) in [6, 6.07) is 13.0. The van der Waals surface area contributed by atoms with Gasteiger partial charge in [0.05, 0.1) is 24.3 Å². The number of nitrogens with one attached hydrogen (secondary N) is 1. The zero-order valence-corrected chi connectivity index (χ0v) is 16.4. The predicted molar refractivity (Wildman–Crippen MR) is 106 cm³/mol. The molecule has 1 aliphatic rings. The van der Waals surface area contributed by atoms with Gasteiger partial charge in [0.2, 0.25) is 5.91 Å². The highest BCUT2D eigenvalue weighted by Gasteiger charge is 2.33. The van der Waals surface area contributed by atoms with Crippen LogP contribution in [0.3, 0.4) is 0 Å². The fraction of sp³-hybridized carbons (Fsp3) is 0.286. The van der Waals surface area contributed by atoms with Crippen LogP contribution in [-0.2, 0) is 24.4 Å². The number of carbonyl (C=O) groups is 2. The van der Waals surface area contributed by atoms with Gasteiger partial charge in [-0.25, -0.2) is 4.68 Å². The number of aryl methyl sites for hydroxylation is 1. The van der Waals surface area contributed by atoms with Gasteiger partial charge in [-0.3, -0.25) is 14.6 Å². The van der Waals surface area contributed by atoms with Gasteiger partial charge >= 0.3 is 0 Å². The molecule has 8 nitrogen and oxygen atoms in total. The fourth-order valence-electron chi connectivity index (χ4n) is 3.39. The zero-order valence-electron chi connectivity index (χ0n) is 16.4. The van der Waals surface area contributed by atoms with E-state index in [-0.39, 0.29) is 18.4 Å². The quantitative estimate of drug-likeness (QED) is 0.719. The Bertz CT molecular complexity index is 1030. The maximum Gasteiger partial charge on any atom is 0.253 e. The molecule has 29 heavy (non-hydrogen) atoms. The summed E-state index contributed by atoms with van der Waals surface area (Å²) in [5.41, 5.74) is 3.92. The molecule has 1 N–H and O–H groups in total. The van der Waals surface area contributed by atoms with Crippen LogP contribution in [-0.4, -0.2) is 36.7 Å². The normalized spacial score (nSPS) is 15.9. The Morgan fingerprint density at radius 1 is 1.21 bits per heavy atom. The van der Waals surface area contributed by atoms with Crippen molar-refractivity contribution >= 4 is 11.8 Å². The minimum absolute atomic E-state index is 0.00701. The maximum atomic E-state index is 12.7. The molecule has 1 unspecified atom stereocenters. The molecule has 0 spiro atoms. The third kappa shape index (κ3) is 3.87. The largest absolute Gasteiger partial charge is 0.346 e. The van der Waals surface area contributed by atoms with Gasteiger partial charge in [-0.2, -0.15) is 0 Å². The predicted octanol–water partition coefficient (Wildman–Crippen LogP) is 2.01. The third-order valence-electron chi connectivity index (χ3n) is 5.05. The van der Waals surface area contributed by atoms with Crippen molar-refractivity contribution in [2.24, 2.45) is 0 Å². The Morgan fingerprint density at radius 3 is 2.72 bits per heavy atom. The summed E-state index contributed by atoms with van der Waals surface area (Å²) in [6.45, 7) is 4.85. The molecule has 8 heteroatoms. The van der Waals surface area contributed by atoms with Crippen molar-refractivity contribution in [3.05, 3.63) is 76.9 Å². The van der Waals surface area contributed by atoms with E-state index < -0.39 is 6.04 Å². The molecule has 1 aliphatic heterocycles. The number of pyridine rings is 1. The average molecular weight is 390 g/mol. The van der Waals surface area contributed by atoms with Crippen LogP contribution in [0.5, 0.6) is 0 Å². The number of benzene rings is 1. The zero-order chi connectivity index (χ0) is 20.4. The van der Waals surface area contributed by atoms with Crippen molar-refractivity contribution in [2.75, 3.05) is 0 Å². The molecule has 3 aromatic rings. The maximum absolute atomic E-state index is 12.7. The highest BCUT2D eigenvalue weighted by molar-refractivity contribution is 5.93. The van der Waals surface area contributed by atoms with Gasteiger partial charge in [-0.15, -0.1) is 5.10 Å². The highest BCUT2D eigenvalue weighted by Crippen LogP contribution is 2.24. The van der Waals surface area contributed by atoms with Crippen LogP contribution in [0, 0.1) is 6.92 Å². The van der Waals surface area contributed by atoms with Crippen LogP contribution in [0.1, 0.15) is 46.0 Å². The summed E-state index contributed by atoms with van der Waals surface area (Å²) in [5.74, 6) is -0.215. The first-order valence-electron chi connectivity index (χ1n) is 9.49. The highest BCUT2D eigenvalue weighted by atomic mass is 16.2. The van der Waals surface area contributed by atoms with Crippen molar-refractivity contribution in [3.8, 4) is 0 Å². The van der Waals surface area contributed by atoms with Crippen LogP contribution >= 0.6 is 0 Å². The summed E-state index contributed by atoms with van der Waals surface area (Å²) >= 11 is 0. The van der Waals surface area contributed by atoms with Crippen molar-refractivity contribution in [1.82, 2.24) is 30.2 Å². The molecule has 4 rings (SSSR count). The second-order valence-electron chi connectivity index (χ2n) is 7.15. The van der Waals surface area contributed by atoms with Gasteiger partial charge in [0.1, 0.15) is 11.7 Å². The molecular weight excluding hydrogens is 368 g/mol. The molecule has 0 fully saturated rings. The van der Waals surface area contributed by atoms with Crippen LogP contribution in [0.4, 0.5) is 0 Å². The standard InChI is InChI=1S/C21H22N6O2/c1-14-8-9-17(10-22-14)20(28)23-11-18-19-13-26(12-16-6-4-3-5-7-16)21(29)15(2)27(19)25-24-18/h3-10,15H,11-13H2,1-2H3,(H,23,28). The molecular formula is C21H22N6O2. The minimum atomic E-state index is -0.430. The molecule has 2 aromatic heterocycles. The molecule has 1 aromatic carbocycles. The van der Waals surface area contributed by atoms with Gasteiger partial charge in [-0.05, 0) is 31.5 Å². The molecule has 2 amide bonds. The molecule has 0 aliphatic carbocycles. The Hall–Kier alpha value is -3.55. The van der Waals surface area contributed by atoms with Gasteiger partial charge in [0.15, 0.2) is 0 Å². The Morgan fingerprint density at radius 2 is 2.00 bits per heavy atom. The first-order chi connectivity index (χ1) is 14.0. The van der Waals surface area contributed by atoms with E-state index in [9.17, 15) is 9.59 Å². The molecule has 148 valence electrons. The second kappa shape index (κ2) is 7.83. The number of fused-ring (bicyclic) bond motifs is 1. The van der Waals surface area contributed by atoms with Crippen LogP contribution in [0.25, 0.3) is 0 Å². The Kier molecular flexibility index (Phi) is 5.07. The number of amides is 2. The van der Waals surface area contributed by atoms with Crippen molar-refractivity contribution < 1.29 is 9.59 Å². The smallest absolute Gasteiger partial charge is 0.253 e. The van der Waals surface area contributed by atoms with Crippen molar-refractivity contribution in [3.63, 3.8) is 0 Å². The van der Waals surface area contributed by atoms with E-state index in [2.05, 4.69) is 20.6 Å². The summed E-state index contributed by atoms with van der Waals surface area (Å²) in [4.78, 5) is 31.1. The van der Waals surface area contributed by atoms with Gasteiger partial charge in [0.25, 0.3) is 5.91 Å². The summed E-state index contributed by atoms with van der Waals surface area (Å²) in [6.07, 6.45) is 1.55. The number of carbonyl (C=O) groups excluding carboxylic acids is 2. The Balaban J connectivity index is 1.49. The van der Waals surface area contributed by atoms with E-state index in [1.807, 2.05) is 44.2 Å². The van der Waals surface area contributed by atoms with Gasteiger partial charge in [-0.1, -0.05) is 35.5 Å². The molecule has 1 atom stereocenters. The number of aromatic nitrogens is 4. The molecule has 3 heterocycles.